The monoisotopic (exact) mass is 412 g/mol. The number of hydrogen-bond acceptors (Lipinski definition) is 3. The van der Waals surface area contributed by atoms with E-state index in [9.17, 15) is 13.2 Å². The van der Waals surface area contributed by atoms with Crippen LogP contribution in [0.5, 0.6) is 0 Å². The summed E-state index contributed by atoms with van der Waals surface area (Å²) in [5.41, 5.74) is 5.65. The van der Waals surface area contributed by atoms with E-state index in [-0.39, 0.29) is 24.7 Å². The first-order valence-electron chi connectivity index (χ1n) is 9.84. The Morgan fingerprint density at radius 3 is 2.66 bits per heavy atom. The summed E-state index contributed by atoms with van der Waals surface area (Å²) < 4.78 is 26.5. The Kier molecular flexibility index (Phi) is 6.55. The summed E-state index contributed by atoms with van der Waals surface area (Å²) in [6, 6.07) is 14.4. The minimum Gasteiger partial charge on any atom is -0.354 e. The summed E-state index contributed by atoms with van der Waals surface area (Å²) in [6.45, 7) is 8.48. The molecule has 1 aliphatic rings. The van der Waals surface area contributed by atoms with E-state index >= 15 is 0 Å². The number of nitrogens with zero attached hydrogens (tertiary/aromatic N) is 1. The maximum Gasteiger partial charge on any atom is 0.224 e. The number of sulfonamides is 1. The molecule has 1 unspecified atom stereocenters. The highest BCUT2D eigenvalue weighted by Crippen LogP contribution is 2.29. The molecule has 1 N–H and O–H groups in total. The van der Waals surface area contributed by atoms with Gasteiger partial charge in [-0.2, -0.15) is 4.31 Å². The molecule has 2 aromatic rings. The van der Waals surface area contributed by atoms with E-state index in [1.54, 1.807) is 0 Å². The Hall–Kier alpha value is -2.44. The fourth-order valence-electron chi connectivity index (χ4n) is 3.87. The molecule has 1 fully saturated rings. The van der Waals surface area contributed by atoms with Crippen molar-refractivity contribution in [1.29, 1.82) is 0 Å². The van der Waals surface area contributed by atoms with Gasteiger partial charge in [0.05, 0.1) is 11.7 Å². The highest BCUT2D eigenvalue weighted by Gasteiger charge is 2.31. The molecule has 1 saturated heterocycles. The summed E-state index contributed by atoms with van der Waals surface area (Å²) in [4.78, 5) is 12.7. The Morgan fingerprint density at radius 2 is 1.93 bits per heavy atom. The van der Waals surface area contributed by atoms with Gasteiger partial charge in [-0.05, 0) is 42.5 Å². The quantitative estimate of drug-likeness (QED) is 0.742. The van der Waals surface area contributed by atoms with Crippen LogP contribution in [0.1, 0.15) is 16.7 Å². The number of hydrogen-bond donors (Lipinski definition) is 1. The van der Waals surface area contributed by atoms with Crippen molar-refractivity contribution in [3.63, 3.8) is 0 Å². The average Bonchev–Trinajstić information content (AvgIpc) is 2.85. The van der Waals surface area contributed by atoms with Crippen LogP contribution in [-0.2, 0) is 21.2 Å². The standard InChI is InChI=1S/C23H28N2O3S/c1-4-13-29(27,28)25-12-11-24-23(26)20(16-25)15-19-7-5-6-8-22(19)21-10-9-17(2)14-18(21)3/h4-10,14,20H,1,11-13,15-16H2,2-3H3,(H,24,26). The molecule has 0 saturated carbocycles. The maximum atomic E-state index is 12.7. The first kappa shape index (κ1) is 21.3. The van der Waals surface area contributed by atoms with E-state index in [1.807, 2.05) is 18.2 Å². The molecule has 1 aliphatic heterocycles. The van der Waals surface area contributed by atoms with Gasteiger partial charge in [0.25, 0.3) is 0 Å². The third kappa shape index (κ3) is 4.95. The van der Waals surface area contributed by atoms with Crippen molar-refractivity contribution in [2.75, 3.05) is 25.4 Å². The van der Waals surface area contributed by atoms with E-state index in [1.165, 1.54) is 21.5 Å². The minimum atomic E-state index is -3.46. The van der Waals surface area contributed by atoms with Crippen LogP contribution in [0.2, 0.25) is 0 Å². The normalized spacial score (nSPS) is 18.1. The van der Waals surface area contributed by atoms with Crippen molar-refractivity contribution in [2.45, 2.75) is 20.3 Å². The van der Waals surface area contributed by atoms with Gasteiger partial charge in [0, 0.05) is 19.6 Å². The second-order valence-corrected chi connectivity index (χ2v) is 9.61. The highest BCUT2D eigenvalue weighted by atomic mass is 32.2. The minimum absolute atomic E-state index is 0.100. The average molecular weight is 413 g/mol. The molecule has 5 nitrogen and oxygen atoms in total. The lowest BCUT2D eigenvalue weighted by Gasteiger charge is -2.23. The molecule has 2 aromatic carbocycles. The number of benzene rings is 2. The summed E-state index contributed by atoms with van der Waals surface area (Å²) >= 11 is 0. The van der Waals surface area contributed by atoms with E-state index in [4.69, 9.17) is 0 Å². The largest absolute Gasteiger partial charge is 0.354 e. The molecule has 0 radical (unpaired) electrons. The zero-order chi connectivity index (χ0) is 21.0. The molecule has 0 spiro atoms. The molecular formula is C23H28N2O3S. The summed E-state index contributed by atoms with van der Waals surface area (Å²) in [5.74, 6) is -0.659. The van der Waals surface area contributed by atoms with Crippen LogP contribution in [0.15, 0.2) is 55.1 Å². The number of nitrogens with one attached hydrogen (secondary N) is 1. The lowest BCUT2D eigenvalue weighted by Crippen LogP contribution is -2.38. The van der Waals surface area contributed by atoms with Gasteiger partial charge in [-0.15, -0.1) is 6.58 Å². The Balaban J connectivity index is 1.92. The van der Waals surface area contributed by atoms with Gasteiger partial charge >= 0.3 is 0 Å². The second-order valence-electron chi connectivity index (χ2n) is 7.59. The van der Waals surface area contributed by atoms with E-state index in [2.05, 4.69) is 50.0 Å². The third-order valence-electron chi connectivity index (χ3n) is 5.33. The van der Waals surface area contributed by atoms with Crippen LogP contribution in [0, 0.1) is 19.8 Å². The number of carbonyl (C=O) groups is 1. The molecular weight excluding hydrogens is 384 g/mol. The van der Waals surface area contributed by atoms with E-state index in [0.29, 0.717) is 13.0 Å². The topological polar surface area (TPSA) is 66.5 Å². The molecule has 0 aromatic heterocycles. The summed E-state index contributed by atoms with van der Waals surface area (Å²) in [5, 5.41) is 2.87. The van der Waals surface area contributed by atoms with Crippen LogP contribution in [-0.4, -0.2) is 44.0 Å². The van der Waals surface area contributed by atoms with Gasteiger partial charge in [0.2, 0.25) is 15.9 Å². The predicted octanol–water partition coefficient (Wildman–Crippen LogP) is 3.08. The lowest BCUT2D eigenvalue weighted by atomic mass is 9.89. The zero-order valence-corrected chi connectivity index (χ0v) is 17.8. The fraction of sp³-hybridized carbons (Fsp3) is 0.348. The van der Waals surface area contributed by atoms with E-state index < -0.39 is 15.9 Å². The van der Waals surface area contributed by atoms with Gasteiger partial charge in [-0.1, -0.05) is 54.1 Å². The van der Waals surface area contributed by atoms with Gasteiger partial charge in [0.15, 0.2) is 0 Å². The Labute approximate surface area is 173 Å². The van der Waals surface area contributed by atoms with Crippen LogP contribution >= 0.6 is 0 Å². The highest BCUT2D eigenvalue weighted by molar-refractivity contribution is 7.89. The Morgan fingerprint density at radius 1 is 1.17 bits per heavy atom. The SMILES string of the molecule is C=CCS(=O)(=O)N1CCNC(=O)C(Cc2ccccc2-c2ccc(C)cc2C)C1. The maximum absolute atomic E-state index is 12.7. The molecule has 29 heavy (non-hydrogen) atoms. The van der Waals surface area contributed by atoms with E-state index in [0.717, 1.165) is 16.7 Å². The number of rotatable bonds is 6. The Bertz CT molecular complexity index is 1010. The first-order chi connectivity index (χ1) is 13.8. The first-order valence-corrected chi connectivity index (χ1v) is 11.4. The molecule has 6 heteroatoms. The molecule has 154 valence electrons. The molecule has 0 bridgehead atoms. The summed E-state index contributed by atoms with van der Waals surface area (Å²) in [7, 11) is -3.46. The molecule has 1 heterocycles. The zero-order valence-electron chi connectivity index (χ0n) is 17.0. The van der Waals surface area contributed by atoms with Gasteiger partial charge in [-0.3, -0.25) is 4.79 Å². The van der Waals surface area contributed by atoms with Crippen LogP contribution < -0.4 is 5.32 Å². The molecule has 3 rings (SSSR count). The molecule has 0 aliphatic carbocycles. The number of aryl methyl sites for hydroxylation is 2. The van der Waals surface area contributed by atoms with Crippen LogP contribution in [0.25, 0.3) is 11.1 Å². The van der Waals surface area contributed by atoms with Crippen LogP contribution in [0.4, 0.5) is 0 Å². The smallest absolute Gasteiger partial charge is 0.224 e. The van der Waals surface area contributed by atoms with Gasteiger partial charge in [-0.25, -0.2) is 8.42 Å². The second kappa shape index (κ2) is 8.93. The van der Waals surface area contributed by atoms with Crippen molar-refractivity contribution < 1.29 is 13.2 Å². The van der Waals surface area contributed by atoms with Crippen molar-refractivity contribution in [2.24, 2.45) is 5.92 Å². The lowest BCUT2D eigenvalue weighted by molar-refractivity contribution is -0.124. The van der Waals surface area contributed by atoms with Gasteiger partial charge < -0.3 is 5.32 Å². The van der Waals surface area contributed by atoms with Crippen molar-refractivity contribution in [3.8, 4) is 11.1 Å². The van der Waals surface area contributed by atoms with Crippen molar-refractivity contribution >= 4 is 15.9 Å². The molecule has 1 amide bonds. The third-order valence-corrected chi connectivity index (χ3v) is 7.11. The van der Waals surface area contributed by atoms with Crippen LogP contribution in [0.3, 0.4) is 0 Å². The summed E-state index contributed by atoms with van der Waals surface area (Å²) in [6.07, 6.45) is 1.87. The predicted molar refractivity (Wildman–Crippen MR) is 117 cm³/mol. The number of carbonyl (C=O) groups excluding carboxylic acids is 1. The molecule has 1 atom stereocenters. The van der Waals surface area contributed by atoms with Gasteiger partial charge in [0.1, 0.15) is 0 Å². The van der Waals surface area contributed by atoms with Crippen molar-refractivity contribution in [1.82, 2.24) is 9.62 Å². The fourth-order valence-corrected chi connectivity index (χ4v) is 5.16. The van der Waals surface area contributed by atoms with Crippen molar-refractivity contribution in [3.05, 3.63) is 71.8 Å². The number of amides is 1.